The molecule has 0 amide bonds. The Morgan fingerprint density at radius 1 is 1.33 bits per heavy atom. The number of alkyl halides is 2. The Morgan fingerprint density at radius 2 is 2.14 bits per heavy atom. The second-order valence-electron chi connectivity index (χ2n) is 5.57. The number of hydrogen-bond acceptors (Lipinski definition) is 4. The van der Waals surface area contributed by atoms with Gasteiger partial charge in [-0.1, -0.05) is 19.4 Å². The molecular weight excluding hydrogens is 276 g/mol. The molecule has 118 valence electrons. The fraction of sp³-hybridized carbons (Fsp3) is 0.733. The van der Waals surface area contributed by atoms with Crippen LogP contribution in [0.2, 0.25) is 0 Å². The van der Waals surface area contributed by atoms with E-state index in [9.17, 15) is 8.78 Å². The third-order valence-corrected chi connectivity index (χ3v) is 3.61. The normalized spacial score (nSPS) is 20.1. The molecule has 0 unspecified atom stereocenters. The molecule has 0 fully saturated rings. The molecule has 0 aromatic rings. The summed E-state index contributed by atoms with van der Waals surface area (Å²) in [4.78, 5) is 10.7. The number of hydrogen-bond donors (Lipinski definition) is 0. The minimum Gasteiger partial charge on any atom is -0.476 e. The van der Waals surface area contributed by atoms with E-state index in [4.69, 9.17) is 4.74 Å². The predicted molar refractivity (Wildman–Crippen MR) is 80.4 cm³/mol. The van der Waals surface area contributed by atoms with E-state index in [1.807, 2.05) is 7.05 Å². The van der Waals surface area contributed by atoms with Crippen LogP contribution in [0.15, 0.2) is 21.6 Å². The van der Waals surface area contributed by atoms with Gasteiger partial charge in [-0.3, -0.25) is 4.99 Å². The summed E-state index contributed by atoms with van der Waals surface area (Å²) in [7, 11) is 2.05. The molecule has 2 aliphatic heterocycles. The van der Waals surface area contributed by atoms with E-state index in [1.54, 1.807) is 6.92 Å². The van der Waals surface area contributed by atoms with E-state index in [0.717, 1.165) is 30.8 Å². The van der Waals surface area contributed by atoms with Gasteiger partial charge in [0.05, 0.1) is 6.61 Å². The van der Waals surface area contributed by atoms with Gasteiger partial charge in [-0.2, -0.15) is 0 Å². The highest BCUT2D eigenvalue weighted by Gasteiger charge is 2.28. The number of nitrogens with zero attached hydrogens (tertiary/aromatic N) is 3. The number of likely N-dealkylation sites (N-methyl/N-ethyl adjacent to an activating group) is 1. The van der Waals surface area contributed by atoms with Crippen molar-refractivity contribution in [1.29, 1.82) is 0 Å². The molecule has 0 N–H and O–H groups in total. The number of rotatable bonds is 6. The third-order valence-electron chi connectivity index (χ3n) is 3.61. The molecule has 2 rings (SSSR count). The summed E-state index contributed by atoms with van der Waals surface area (Å²) in [5.41, 5.74) is 1.82. The van der Waals surface area contributed by atoms with Crippen LogP contribution < -0.4 is 0 Å². The summed E-state index contributed by atoms with van der Waals surface area (Å²) in [5.74, 6) is -2.24. The Balaban J connectivity index is 1.87. The Morgan fingerprint density at radius 3 is 2.86 bits per heavy atom. The number of ether oxygens (including phenoxy) is 1. The van der Waals surface area contributed by atoms with Gasteiger partial charge < -0.3 is 9.64 Å². The average molecular weight is 299 g/mol. The molecule has 0 spiro atoms. The van der Waals surface area contributed by atoms with E-state index in [1.165, 1.54) is 0 Å². The molecule has 0 saturated carbocycles. The first-order valence-corrected chi connectivity index (χ1v) is 7.49. The van der Waals surface area contributed by atoms with Crippen molar-refractivity contribution in [1.82, 2.24) is 4.90 Å². The summed E-state index contributed by atoms with van der Waals surface area (Å²) in [5, 5.41) is 0. The predicted octanol–water partition coefficient (Wildman–Crippen LogP) is 2.90. The molecule has 0 aromatic heterocycles. The van der Waals surface area contributed by atoms with E-state index < -0.39 is 5.92 Å². The van der Waals surface area contributed by atoms with Gasteiger partial charge in [0.2, 0.25) is 5.90 Å². The summed E-state index contributed by atoms with van der Waals surface area (Å²) >= 11 is 0. The zero-order chi connectivity index (χ0) is 15.3. The van der Waals surface area contributed by atoms with Crippen molar-refractivity contribution in [3.05, 3.63) is 11.6 Å². The van der Waals surface area contributed by atoms with Gasteiger partial charge in [-0.05, 0) is 19.0 Å². The Bertz CT molecular complexity index is 458. The SMILES string of the molecule is CCCC(F)(F)CCOC1=NCN=C1C1=CCCN(C)C1. The maximum absolute atomic E-state index is 13.4. The standard InChI is InChI=1S/C15H23F2N3O/c1-3-6-15(16,17)7-9-21-14-13(18-11-19-14)12-5-4-8-20(2)10-12/h5H,3-4,6-11H2,1-2H3. The first-order valence-electron chi connectivity index (χ1n) is 7.49. The van der Waals surface area contributed by atoms with Gasteiger partial charge in [0.1, 0.15) is 12.4 Å². The molecule has 21 heavy (non-hydrogen) atoms. The van der Waals surface area contributed by atoms with Crippen LogP contribution in [0.4, 0.5) is 8.78 Å². The molecule has 6 heteroatoms. The van der Waals surface area contributed by atoms with Gasteiger partial charge in [-0.15, -0.1) is 0 Å². The molecule has 0 atom stereocenters. The van der Waals surface area contributed by atoms with Gasteiger partial charge >= 0.3 is 0 Å². The quantitative estimate of drug-likeness (QED) is 0.756. The zero-order valence-corrected chi connectivity index (χ0v) is 12.7. The molecule has 0 radical (unpaired) electrons. The van der Waals surface area contributed by atoms with E-state index >= 15 is 0 Å². The van der Waals surface area contributed by atoms with Crippen molar-refractivity contribution in [2.75, 3.05) is 33.4 Å². The van der Waals surface area contributed by atoms with Crippen molar-refractivity contribution in [3.8, 4) is 0 Å². The summed E-state index contributed by atoms with van der Waals surface area (Å²) in [6, 6.07) is 0. The van der Waals surface area contributed by atoms with Crippen LogP contribution in [0, 0.1) is 0 Å². The van der Waals surface area contributed by atoms with Crippen molar-refractivity contribution >= 4 is 11.6 Å². The molecule has 2 heterocycles. The van der Waals surface area contributed by atoms with Gasteiger partial charge in [-0.25, -0.2) is 13.8 Å². The smallest absolute Gasteiger partial charge is 0.251 e. The van der Waals surface area contributed by atoms with Crippen molar-refractivity contribution in [2.24, 2.45) is 9.98 Å². The second-order valence-corrected chi connectivity index (χ2v) is 5.57. The highest BCUT2D eigenvalue weighted by Crippen LogP contribution is 2.24. The molecule has 0 saturated heterocycles. The van der Waals surface area contributed by atoms with E-state index in [0.29, 0.717) is 19.0 Å². The van der Waals surface area contributed by atoms with Crippen molar-refractivity contribution in [3.63, 3.8) is 0 Å². The summed E-state index contributed by atoms with van der Waals surface area (Å²) in [6.45, 7) is 3.89. The number of aliphatic imine (C=N–C) groups is 2. The Hall–Kier alpha value is -1.30. The van der Waals surface area contributed by atoms with Crippen LogP contribution in [-0.4, -0.2) is 55.8 Å². The number of halogens is 2. The van der Waals surface area contributed by atoms with E-state index in [2.05, 4.69) is 21.0 Å². The van der Waals surface area contributed by atoms with Crippen LogP contribution >= 0.6 is 0 Å². The van der Waals surface area contributed by atoms with Crippen LogP contribution in [-0.2, 0) is 4.74 Å². The second kappa shape index (κ2) is 7.11. The largest absolute Gasteiger partial charge is 0.476 e. The van der Waals surface area contributed by atoms with Crippen LogP contribution in [0.3, 0.4) is 0 Å². The average Bonchev–Trinajstić information content (AvgIpc) is 2.87. The molecule has 0 aromatic carbocycles. The van der Waals surface area contributed by atoms with Gasteiger partial charge in [0.15, 0.2) is 0 Å². The summed E-state index contributed by atoms with van der Waals surface area (Å²) < 4.78 is 32.3. The van der Waals surface area contributed by atoms with Crippen LogP contribution in [0.5, 0.6) is 0 Å². The lowest BCUT2D eigenvalue weighted by Gasteiger charge is -2.23. The third kappa shape index (κ3) is 4.59. The lowest BCUT2D eigenvalue weighted by Crippen LogP contribution is -2.31. The van der Waals surface area contributed by atoms with Crippen molar-refractivity contribution in [2.45, 2.75) is 38.5 Å². The fourth-order valence-corrected chi connectivity index (χ4v) is 2.52. The minimum atomic E-state index is -2.66. The lowest BCUT2D eigenvalue weighted by atomic mass is 10.1. The minimum absolute atomic E-state index is 0.0199. The molecule has 2 aliphatic rings. The van der Waals surface area contributed by atoms with Crippen molar-refractivity contribution < 1.29 is 13.5 Å². The van der Waals surface area contributed by atoms with Crippen LogP contribution in [0.1, 0.15) is 32.6 Å². The molecular formula is C15H23F2N3O. The van der Waals surface area contributed by atoms with Gasteiger partial charge in [0.25, 0.3) is 5.92 Å². The Kier molecular flexibility index (Phi) is 5.45. The molecule has 0 aliphatic carbocycles. The lowest BCUT2D eigenvalue weighted by molar-refractivity contribution is -0.0277. The maximum atomic E-state index is 13.4. The zero-order valence-electron chi connectivity index (χ0n) is 12.7. The van der Waals surface area contributed by atoms with E-state index in [-0.39, 0.29) is 19.4 Å². The summed E-state index contributed by atoms with van der Waals surface area (Å²) in [6.07, 6.45) is 3.20. The van der Waals surface area contributed by atoms with Crippen LogP contribution in [0.25, 0.3) is 0 Å². The molecule has 4 nitrogen and oxygen atoms in total. The fourth-order valence-electron chi connectivity index (χ4n) is 2.52. The first kappa shape index (κ1) is 16.1. The maximum Gasteiger partial charge on any atom is 0.251 e. The topological polar surface area (TPSA) is 37.2 Å². The first-order chi connectivity index (χ1) is 10.0. The van der Waals surface area contributed by atoms with Gasteiger partial charge in [0, 0.05) is 25.9 Å². The monoisotopic (exact) mass is 299 g/mol. The highest BCUT2D eigenvalue weighted by atomic mass is 19.3. The highest BCUT2D eigenvalue weighted by molar-refractivity contribution is 6.46. The molecule has 0 bridgehead atoms. The Labute approximate surface area is 124 Å².